The number of nitrogens with one attached hydrogen (secondary N) is 1. The minimum absolute atomic E-state index is 0.298. The molecule has 118 valence electrons. The molecular weight excluding hydrogens is 321 g/mol. The zero-order valence-electron chi connectivity index (χ0n) is 13.0. The van der Waals surface area contributed by atoms with Crippen LogP contribution in [-0.4, -0.2) is 4.98 Å². The minimum Gasteiger partial charge on any atom is -0.360 e. The third kappa shape index (κ3) is 3.67. The molecule has 0 atom stereocenters. The maximum Gasteiger partial charge on any atom is 0.136 e. The highest BCUT2D eigenvalue weighted by Gasteiger charge is 2.09. The van der Waals surface area contributed by atoms with E-state index in [9.17, 15) is 9.65 Å². The number of halogens is 1. The normalized spacial score (nSPS) is 11.1. The molecule has 5 heteroatoms. The molecule has 0 bridgehead atoms. The Morgan fingerprint density at radius 2 is 1.88 bits per heavy atom. The van der Waals surface area contributed by atoms with Crippen molar-refractivity contribution in [1.29, 1.82) is 5.26 Å². The Labute approximate surface area is 143 Å². The van der Waals surface area contributed by atoms with E-state index in [0.717, 1.165) is 11.3 Å². The standard InChI is InChI=1S/C19H14FN3S/c1-13-2-4-14(5-3-13)18-12-24-19(23-18)15(10-21)11-22-17-8-6-16(20)7-9-17/h2-9,11-12,22H,1H3/b15-11-. The van der Waals surface area contributed by atoms with Gasteiger partial charge in [0.05, 0.1) is 5.69 Å². The van der Waals surface area contributed by atoms with Crippen LogP contribution in [0.25, 0.3) is 16.8 Å². The molecule has 2 aromatic carbocycles. The quantitative estimate of drug-likeness (QED) is 0.664. The molecule has 1 N–H and O–H groups in total. The van der Waals surface area contributed by atoms with Gasteiger partial charge in [-0.15, -0.1) is 11.3 Å². The lowest BCUT2D eigenvalue weighted by atomic mass is 10.1. The largest absolute Gasteiger partial charge is 0.360 e. The van der Waals surface area contributed by atoms with Crippen LogP contribution in [-0.2, 0) is 0 Å². The lowest BCUT2D eigenvalue weighted by Gasteiger charge is -2.01. The average Bonchev–Trinajstić information content (AvgIpc) is 3.08. The maximum absolute atomic E-state index is 12.9. The highest BCUT2D eigenvalue weighted by Crippen LogP contribution is 2.26. The number of aryl methyl sites for hydroxylation is 1. The minimum atomic E-state index is -0.298. The second-order valence-corrected chi connectivity index (χ2v) is 6.08. The number of rotatable bonds is 4. The van der Waals surface area contributed by atoms with Crippen molar-refractivity contribution in [3.05, 3.63) is 76.5 Å². The summed E-state index contributed by atoms with van der Waals surface area (Å²) in [7, 11) is 0. The molecule has 3 nitrogen and oxygen atoms in total. The van der Waals surface area contributed by atoms with E-state index < -0.39 is 0 Å². The van der Waals surface area contributed by atoms with Crippen molar-refractivity contribution in [2.75, 3.05) is 5.32 Å². The van der Waals surface area contributed by atoms with Gasteiger partial charge in [-0.05, 0) is 31.2 Å². The van der Waals surface area contributed by atoms with Crippen LogP contribution in [0.5, 0.6) is 0 Å². The average molecular weight is 335 g/mol. The molecule has 0 aliphatic rings. The van der Waals surface area contributed by atoms with Crippen molar-refractivity contribution in [2.45, 2.75) is 6.92 Å². The van der Waals surface area contributed by atoms with Gasteiger partial charge in [0.15, 0.2) is 0 Å². The van der Waals surface area contributed by atoms with Crippen molar-refractivity contribution in [2.24, 2.45) is 0 Å². The molecule has 1 aromatic heterocycles. The number of hydrogen-bond acceptors (Lipinski definition) is 4. The van der Waals surface area contributed by atoms with Gasteiger partial charge in [-0.25, -0.2) is 9.37 Å². The Hall–Kier alpha value is -2.97. The molecule has 0 amide bonds. The van der Waals surface area contributed by atoms with Gasteiger partial charge < -0.3 is 5.32 Å². The highest BCUT2D eigenvalue weighted by atomic mass is 32.1. The van der Waals surface area contributed by atoms with Crippen LogP contribution in [0.4, 0.5) is 10.1 Å². The second-order valence-electron chi connectivity index (χ2n) is 5.22. The summed E-state index contributed by atoms with van der Waals surface area (Å²) in [6.45, 7) is 2.04. The van der Waals surface area contributed by atoms with E-state index in [2.05, 4.69) is 16.4 Å². The van der Waals surface area contributed by atoms with E-state index in [-0.39, 0.29) is 5.82 Å². The van der Waals surface area contributed by atoms with Crippen molar-refractivity contribution >= 4 is 22.6 Å². The van der Waals surface area contributed by atoms with Crippen LogP contribution < -0.4 is 5.32 Å². The summed E-state index contributed by atoms with van der Waals surface area (Å²) in [5, 5.41) is 14.9. The summed E-state index contributed by atoms with van der Waals surface area (Å²) in [4.78, 5) is 4.54. The molecule has 0 saturated carbocycles. The van der Waals surface area contributed by atoms with Gasteiger partial charge >= 0.3 is 0 Å². The number of hydrogen-bond donors (Lipinski definition) is 1. The molecule has 0 radical (unpaired) electrons. The molecule has 3 rings (SSSR count). The first-order valence-corrected chi connectivity index (χ1v) is 8.19. The third-order valence-corrected chi connectivity index (χ3v) is 4.31. The lowest BCUT2D eigenvalue weighted by molar-refractivity contribution is 0.628. The predicted molar refractivity (Wildman–Crippen MR) is 95.9 cm³/mol. The SMILES string of the molecule is Cc1ccc(-c2csc(/C(C#N)=C\Nc3ccc(F)cc3)n2)cc1. The van der Waals surface area contributed by atoms with E-state index in [4.69, 9.17) is 0 Å². The monoisotopic (exact) mass is 335 g/mol. The Balaban J connectivity index is 1.81. The summed E-state index contributed by atoms with van der Waals surface area (Å²) in [6, 6.07) is 16.2. The zero-order valence-corrected chi connectivity index (χ0v) is 13.8. The first kappa shape index (κ1) is 15.9. The maximum atomic E-state index is 12.9. The number of aromatic nitrogens is 1. The lowest BCUT2D eigenvalue weighted by Crippen LogP contribution is -1.91. The molecule has 0 saturated heterocycles. The molecule has 0 aliphatic carbocycles. The summed E-state index contributed by atoms with van der Waals surface area (Å²) in [5.74, 6) is -0.298. The van der Waals surface area contributed by atoms with Gasteiger partial charge in [0, 0.05) is 22.8 Å². The van der Waals surface area contributed by atoms with Gasteiger partial charge in [0.25, 0.3) is 0 Å². The molecule has 1 heterocycles. The molecule has 0 aliphatic heterocycles. The van der Waals surface area contributed by atoms with Gasteiger partial charge in [-0.3, -0.25) is 0 Å². The number of allylic oxidation sites excluding steroid dienone is 1. The number of anilines is 1. The van der Waals surface area contributed by atoms with E-state index in [1.165, 1.54) is 29.0 Å². The van der Waals surface area contributed by atoms with Crippen LogP contribution in [0, 0.1) is 24.1 Å². The van der Waals surface area contributed by atoms with Gasteiger partial charge in [-0.2, -0.15) is 5.26 Å². The van der Waals surface area contributed by atoms with E-state index in [1.54, 1.807) is 18.3 Å². The number of thiazole rings is 1. The van der Waals surface area contributed by atoms with Crippen molar-refractivity contribution in [1.82, 2.24) is 4.98 Å². The van der Waals surface area contributed by atoms with Gasteiger partial charge in [-0.1, -0.05) is 29.8 Å². The summed E-state index contributed by atoms with van der Waals surface area (Å²) in [6.07, 6.45) is 1.59. The molecule has 0 fully saturated rings. The van der Waals surface area contributed by atoms with Gasteiger partial charge in [0.1, 0.15) is 22.5 Å². The third-order valence-electron chi connectivity index (χ3n) is 3.43. The Morgan fingerprint density at radius 3 is 2.54 bits per heavy atom. The molecule has 24 heavy (non-hydrogen) atoms. The Bertz CT molecular complexity index is 903. The Morgan fingerprint density at radius 1 is 1.17 bits per heavy atom. The Kier molecular flexibility index (Phi) is 4.69. The van der Waals surface area contributed by atoms with E-state index >= 15 is 0 Å². The van der Waals surface area contributed by atoms with Crippen LogP contribution in [0.2, 0.25) is 0 Å². The first-order valence-electron chi connectivity index (χ1n) is 7.31. The van der Waals surface area contributed by atoms with Crippen LogP contribution in [0.3, 0.4) is 0 Å². The van der Waals surface area contributed by atoms with Crippen molar-refractivity contribution in [3.63, 3.8) is 0 Å². The number of benzene rings is 2. The fourth-order valence-electron chi connectivity index (χ4n) is 2.10. The highest BCUT2D eigenvalue weighted by molar-refractivity contribution is 7.11. The fraction of sp³-hybridized carbons (Fsp3) is 0.0526. The van der Waals surface area contributed by atoms with Crippen LogP contribution in [0.1, 0.15) is 10.6 Å². The van der Waals surface area contributed by atoms with Crippen LogP contribution in [0.15, 0.2) is 60.1 Å². The zero-order chi connectivity index (χ0) is 16.9. The summed E-state index contributed by atoms with van der Waals surface area (Å²) >= 11 is 1.42. The molecule has 0 unspecified atom stereocenters. The molecule has 3 aromatic rings. The van der Waals surface area contributed by atoms with Crippen molar-refractivity contribution in [3.8, 4) is 17.3 Å². The predicted octanol–water partition coefficient (Wildman–Crippen LogP) is 5.23. The van der Waals surface area contributed by atoms with Gasteiger partial charge in [0.2, 0.25) is 0 Å². The van der Waals surface area contributed by atoms with Crippen molar-refractivity contribution < 1.29 is 4.39 Å². The smallest absolute Gasteiger partial charge is 0.136 e. The number of nitriles is 1. The second kappa shape index (κ2) is 7.07. The first-order chi connectivity index (χ1) is 11.7. The molecule has 0 spiro atoms. The summed E-state index contributed by atoms with van der Waals surface area (Å²) < 4.78 is 12.9. The van der Waals surface area contributed by atoms with E-state index in [0.29, 0.717) is 16.3 Å². The molecular formula is C19H14FN3S. The van der Waals surface area contributed by atoms with E-state index in [1.807, 2.05) is 36.6 Å². The topological polar surface area (TPSA) is 48.7 Å². The summed E-state index contributed by atoms with van der Waals surface area (Å²) in [5.41, 5.74) is 4.20. The van der Waals surface area contributed by atoms with Crippen LogP contribution >= 0.6 is 11.3 Å². The number of nitrogens with zero attached hydrogens (tertiary/aromatic N) is 2. The fourth-order valence-corrected chi connectivity index (χ4v) is 2.89.